The summed E-state index contributed by atoms with van der Waals surface area (Å²) in [7, 11) is 2.16. The Labute approximate surface area is 347 Å². The molecule has 6 heteroatoms. The average molecular weight is 785 g/mol. The first-order chi connectivity index (χ1) is 28.7. The lowest BCUT2D eigenvalue weighted by atomic mass is 9.82. The van der Waals surface area contributed by atoms with Crippen LogP contribution in [0.5, 0.6) is 5.75 Å². The number of hydrogen-bond donors (Lipinski definition) is 0. The van der Waals surface area contributed by atoms with E-state index in [0.29, 0.717) is 5.75 Å². The standard InChI is InChI=1S/C54H44N2O4/c1-53(2,3)35-21-25-38-32(28-35)16-17-34-30-43(48-40-12-8-9-13-41(40)51-49(50(48)46(34)38)42-14-10-11-15-44(42)55(51)7)47-39-26-22-36(54(4,5)6)29-33(39)20-27-45(47)60-52(57)31-18-23-37(24-19-31)56(58)59/h8-30H,1-7H3. The highest BCUT2D eigenvalue weighted by Gasteiger charge is 2.26. The topological polar surface area (TPSA) is 74.4 Å². The van der Waals surface area contributed by atoms with E-state index in [1.54, 1.807) is 0 Å². The molecule has 0 saturated heterocycles. The SMILES string of the molecule is Cn1c2ccccc2c2c3c(c(-c4c(OC(=O)c5ccc([N+](=O)[O-])cc5)ccc5cc(C(C)(C)C)ccc45)cc4ccc5cc(C(C)(C)C)ccc5c43)c3ccccc3c21. The average Bonchev–Trinajstić information content (AvgIpc) is 3.54. The first-order valence-corrected chi connectivity index (χ1v) is 20.4. The second-order valence-electron chi connectivity index (χ2n) is 18.2. The van der Waals surface area contributed by atoms with Gasteiger partial charge >= 0.3 is 5.97 Å². The summed E-state index contributed by atoms with van der Waals surface area (Å²) < 4.78 is 8.76. The Kier molecular flexibility index (Phi) is 8.21. The van der Waals surface area contributed by atoms with Crippen LogP contribution in [0.1, 0.15) is 63.0 Å². The molecular weight excluding hydrogens is 741 g/mol. The van der Waals surface area contributed by atoms with Crippen molar-refractivity contribution in [2.75, 3.05) is 0 Å². The number of benzene rings is 9. The van der Waals surface area contributed by atoms with Crippen LogP contribution in [0.3, 0.4) is 0 Å². The van der Waals surface area contributed by atoms with Gasteiger partial charge in [-0.15, -0.1) is 0 Å². The van der Waals surface area contributed by atoms with Crippen LogP contribution in [0.15, 0.2) is 140 Å². The normalized spacial score (nSPS) is 12.4. The van der Waals surface area contributed by atoms with E-state index in [1.807, 2.05) is 12.1 Å². The van der Waals surface area contributed by atoms with Gasteiger partial charge in [0.05, 0.1) is 16.0 Å². The molecular formula is C54H44N2O4. The number of esters is 1. The van der Waals surface area contributed by atoms with Gasteiger partial charge in [-0.2, -0.15) is 0 Å². The number of fused-ring (bicyclic) bond motifs is 13. The van der Waals surface area contributed by atoms with Crippen molar-refractivity contribution in [2.45, 2.75) is 52.4 Å². The van der Waals surface area contributed by atoms with E-state index in [2.05, 4.69) is 156 Å². The molecule has 0 spiro atoms. The summed E-state index contributed by atoms with van der Waals surface area (Å²) >= 11 is 0. The molecule has 0 aliphatic carbocycles. The van der Waals surface area contributed by atoms with Crippen molar-refractivity contribution in [1.29, 1.82) is 0 Å². The second-order valence-corrected chi connectivity index (χ2v) is 18.2. The van der Waals surface area contributed by atoms with Crippen LogP contribution in [0.4, 0.5) is 5.69 Å². The third-order valence-corrected chi connectivity index (χ3v) is 12.4. The zero-order valence-electron chi connectivity index (χ0n) is 34.8. The molecule has 0 aliphatic rings. The molecule has 10 aromatic rings. The number of carbonyl (C=O) groups is 1. The largest absolute Gasteiger partial charge is 0.422 e. The van der Waals surface area contributed by atoms with Gasteiger partial charge in [-0.25, -0.2) is 4.79 Å². The highest BCUT2D eigenvalue weighted by molar-refractivity contribution is 6.41. The monoisotopic (exact) mass is 784 g/mol. The summed E-state index contributed by atoms with van der Waals surface area (Å²) in [5.41, 5.74) is 6.58. The lowest BCUT2D eigenvalue weighted by molar-refractivity contribution is -0.384. The molecule has 10 rings (SSSR count). The van der Waals surface area contributed by atoms with Crippen molar-refractivity contribution in [3.8, 4) is 16.9 Å². The van der Waals surface area contributed by atoms with Crippen molar-refractivity contribution < 1.29 is 14.5 Å². The molecule has 0 atom stereocenters. The first-order valence-electron chi connectivity index (χ1n) is 20.4. The van der Waals surface area contributed by atoms with Crippen LogP contribution in [0.25, 0.3) is 86.8 Å². The van der Waals surface area contributed by atoms with Crippen LogP contribution in [0, 0.1) is 10.1 Å². The van der Waals surface area contributed by atoms with Gasteiger partial charge in [0.1, 0.15) is 5.75 Å². The van der Waals surface area contributed by atoms with Gasteiger partial charge in [-0.05, 0) is 101 Å². The van der Waals surface area contributed by atoms with Crippen LogP contribution < -0.4 is 4.74 Å². The molecule has 1 heterocycles. The number of nitro benzene ring substituents is 1. The van der Waals surface area contributed by atoms with Crippen molar-refractivity contribution in [1.82, 2.24) is 4.57 Å². The van der Waals surface area contributed by atoms with Crippen LogP contribution in [-0.2, 0) is 17.9 Å². The minimum absolute atomic E-state index is 0.0162. The fourth-order valence-corrected chi connectivity index (χ4v) is 9.31. The van der Waals surface area contributed by atoms with Gasteiger partial charge in [-0.1, -0.05) is 139 Å². The van der Waals surface area contributed by atoms with Gasteiger partial charge < -0.3 is 9.30 Å². The molecule has 9 aromatic carbocycles. The van der Waals surface area contributed by atoms with Crippen molar-refractivity contribution in [2.24, 2.45) is 7.05 Å². The fraction of sp³-hybridized carbons (Fsp3) is 0.167. The van der Waals surface area contributed by atoms with Gasteiger partial charge in [-0.3, -0.25) is 10.1 Å². The van der Waals surface area contributed by atoms with Crippen molar-refractivity contribution >= 4 is 87.3 Å². The number of non-ortho nitro benzene ring substituents is 1. The molecule has 6 nitrogen and oxygen atoms in total. The molecule has 1 aromatic heterocycles. The first kappa shape index (κ1) is 37.2. The van der Waals surface area contributed by atoms with Crippen molar-refractivity contribution in [3.05, 3.63) is 166 Å². The van der Waals surface area contributed by atoms with E-state index in [9.17, 15) is 14.9 Å². The third-order valence-electron chi connectivity index (χ3n) is 12.4. The van der Waals surface area contributed by atoms with Crippen molar-refractivity contribution in [3.63, 3.8) is 0 Å². The number of aromatic nitrogens is 1. The van der Waals surface area contributed by atoms with Crippen LogP contribution >= 0.6 is 0 Å². The van der Waals surface area contributed by atoms with Gasteiger partial charge in [0, 0.05) is 51.8 Å². The minimum Gasteiger partial charge on any atom is -0.422 e. The quantitative estimate of drug-likeness (QED) is 0.0586. The zero-order chi connectivity index (χ0) is 41.8. The number of ether oxygens (including phenoxy) is 1. The van der Waals surface area contributed by atoms with E-state index < -0.39 is 10.9 Å². The number of para-hydroxylation sites is 1. The summed E-state index contributed by atoms with van der Waals surface area (Å²) in [6, 6.07) is 47.1. The summed E-state index contributed by atoms with van der Waals surface area (Å²) in [5.74, 6) is -0.184. The van der Waals surface area contributed by atoms with Gasteiger partial charge in [0.2, 0.25) is 0 Å². The smallest absolute Gasteiger partial charge is 0.343 e. The molecule has 0 N–H and O–H groups in total. The second kappa shape index (κ2) is 13.2. The van der Waals surface area contributed by atoms with E-state index >= 15 is 0 Å². The number of aryl methyl sites for hydroxylation is 1. The molecule has 0 aliphatic heterocycles. The molecule has 0 unspecified atom stereocenters. The summed E-state index contributed by atoms with van der Waals surface area (Å²) in [6.45, 7) is 13.4. The molecule has 0 radical (unpaired) electrons. The zero-order valence-corrected chi connectivity index (χ0v) is 34.8. The Bertz CT molecular complexity index is 3470. The fourth-order valence-electron chi connectivity index (χ4n) is 9.31. The number of carbonyl (C=O) groups excluding carboxylic acids is 1. The molecule has 0 bridgehead atoms. The Morgan fingerprint density at radius 3 is 1.82 bits per heavy atom. The Balaban J connectivity index is 1.40. The number of nitrogens with zero attached hydrogens (tertiary/aromatic N) is 2. The maximum absolute atomic E-state index is 14.1. The molecule has 0 fully saturated rings. The molecule has 60 heavy (non-hydrogen) atoms. The lowest BCUT2D eigenvalue weighted by Crippen LogP contribution is -2.11. The van der Waals surface area contributed by atoms with E-state index in [-0.39, 0.29) is 22.1 Å². The molecule has 0 saturated carbocycles. The summed E-state index contributed by atoms with van der Waals surface area (Å²) in [6.07, 6.45) is 0. The lowest BCUT2D eigenvalue weighted by Gasteiger charge is -2.23. The number of rotatable bonds is 4. The van der Waals surface area contributed by atoms with Crippen LogP contribution in [0.2, 0.25) is 0 Å². The Morgan fingerprint density at radius 2 is 1.15 bits per heavy atom. The summed E-state index contributed by atoms with van der Waals surface area (Å²) in [4.78, 5) is 25.0. The number of nitro groups is 1. The van der Waals surface area contributed by atoms with Crippen LogP contribution in [-0.4, -0.2) is 15.5 Å². The predicted molar refractivity (Wildman–Crippen MR) is 249 cm³/mol. The maximum Gasteiger partial charge on any atom is 0.343 e. The molecule has 294 valence electrons. The van der Waals surface area contributed by atoms with E-state index in [1.165, 1.54) is 67.8 Å². The third kappa shape index (κ3) is 5.73. The van der Waals surface area contributed by atoms with Gasteiger partial charge in [0.15, 0.2) is 0 Å². The summed E-state index contributed by atoms with van der Waals surface area (Å²) in [5, 5.41) is 24.9. The Morgan fingerprint density at radius 1 is 0.567 bits per heavy atom. The van der Waals surface area contributed by atoms with E-state index in [4.69, 9.17) is 4.74 Å². The Hall–Kier alpha value is -7.05. The highest BCUT2D eigenvalue weighted by atomic mass is 16.6. The highest BCUT2D eigenvalue weighted by Crippen LogP contribution is 2.51. The molecule has 0 amide bonds. The van der Waals surface area contributed by atoms with E-state index in [0.717, 1.165) is 54.3 Å². The maximum atomic E-state index is 14.1. The van der Waals surface area contributed by atoms with Gasteiger partial charge in [0.25, 0.3) is 5.69 Å². The predicted octanol–water partition coefficient (Wildman–Crippen LogP) is 14.5. The number of hydrogen-bond acceptors (Lipinski definition) is 4. The minimum atomic E-state index is -0.594.